The zero-order chi connectivity index (χ0) is 21.3. The molecule has 2 heterocycles. The highest BCUT2D eigenvalue weighted by molar-refractivity contribution is 7.72. The predicted molar refractivity (Wildman–Crippen MR) is 120 cm³/mol. The van der Waals surface area contributed by atoms with Crippen molar-refractivity contribution in [3.05, 3.63) is 52.0 Å². The lowest BCUT2D eigenvalue weighted by Crippen LogP contribution is -2.44. The number of hydrogen-bond donors (Lipinski definition) is 5. The molecule has 0 spiro atoms. The minimum Gasteiger partial charge on any atom is -0.480 e. The summed E-state index contributed by atoms with van der Waals surface area (Å²) in [5, 5.41) is 21.1. The lowest BCUT2D eigenvalue weighted by Gasteiger charge is -2.33. The quantitative estimate of drug-likeness (QED) is 0.291. The van der Waals surface area contributed by atoms with Crippen LogP contribution in [0.4, 0.5) is 17.1 Å². The maximum Gasteiger partial charge on any atom is 0.327 e. The molecule has 11 heteroatoms. The van der Waals surface area contributed by atoms with Crippen LogP contribution in [0.15, 0.2) is 42.5 Å². The van der Waals surface area contributed by atoms with Crippen molar-refractivity contribution in [2.75, 3.05) is 35.9 Å². The second-order valence-electron chi connectivity index (χ2n) is 6.81. The summed E-state index contributed by atoms with van der Waals surface area (Å²) in [7, 11) is 1.86. The third-order valence-corrected chi connectivity index (χ3v) is 5.34. The fraction of sp³-hybridized carbons (Fsp3) is 0.211. The molecule has 1 unspecified atom stereocenters. The number of nitrogens with zero attached hydrogens (tertiary/aromatic N) is 2. The molecule has 1 aliphatic heterocycles. The number of H-pyrrole nitrogens is 2. The summed E-state index contributed by atoms with van der Waals surface area (Å²) in [6.45, 7) is 0.628. The van der Waals surface area contributed by atoms with Gasteiger partial charge >= 0.3 is 5.97 Å². The fourth-order valence-corrected chi connectivity index (χ4v) is 3.84. The molecule has 0 bridgehead atoms. The summed E-state index contributed by atoms with van der Waals surface area (Å²) < 4.78 is 8.55. The third kappa shape index (κ3) is 4.02. The Morgan fingerprint density at radius 2 is 2.00 bits per heavy atom. The summed E-state index contributed by atoms with van der Waals surface area (Å²) in [5.41, 5.74) is 3.35. The van der Waals surface area contributed by atoms with Gasteiger partial charge in [0.05, 0.1) is 17.1 Å². The van der Waals surface area contributed by atoms with Gasteiger partial charge in [0.2, 0.25) is 0 Å². The molecule has 5 N–H and O–H groups in total. The standard InChI is InChI=1S/C19H20N6O3S2/c1-24-9-15(17(26)27)21-14-6-5-13(8-16(14)24)28-10-20-11-3-2-4-12(7-11)25-18(29)22-23-19(25)30/h2-8,15,20-21H,9-10H2,1H3,(H,22,29)(H,23,30)(H,26,27). The molecule has 156 valence electrons. The maximum absolute atomic E-state index is 11.3. The van der Waals surface area contributed by atoms with Gasteiger partial charge in [0.15, 0.2) is 16.3 Å². The molecule has 0 radical (unpaired) electrons. The molecular formula is C19H20N6O3S2. The monoisotopic (exact) mass is 444 g/mol. The molecule has 0 saturated heterocycles. The zero-order valence-corrected chi connectivity index (χ0v) is 17.6. The van der Waals surface area contributed by atoms with Crippen molar-refractivity contribution in [1.82, 2.24) is 14.8 Å². The predicted octanol–water partition coefficient (Wildman–Crippen LogP) is 3.36. The van der Waals surface area contributed by atoms with Crippen molar-refractivity contribution in [1.29, 1.82) is 0 Å². The van der Waals surface area contributed by atoms with Crippen LogP contribution < -0.4 is 20.3 Å². The van der Waals surface area contributed by atoms with Crippen molar-refractivity contribution < 1.29 is 14.6 Å². The van der Waals surface area contributed by atoms with Crippen LogP contribution in [0.2, 0.25) is 0 Å². The summed E-state index contributed by atoms with van der Waals surface area (Å²) in [5.74, 6) is -0.198. The average Bonchev–Trinajstić information content (AvgIpc) is 3.06. The molecule has 4 rings (SSSR count). The van der Waals surface area contributed by atoms with Gasteiger partial charge in [-0.2, -0.15) is 0 Å². The summed E-state index contributed by atoms with van der Waals surface area (Å²) >= 11 is 10.5. The lowest BCUT2D eigenvalue weighted by molar-refractivity contribution is -0.137. The van der Waals surface area contributed by atoms with Crippen LogP contribution >= 0.6 is 24.4 Å². The third-order valence-electron chi connectivity index (χ3n) is 4.77. The molecule has 0 saturated carbocycles. The van der Waals surface area contributed by atoms with E-state index in [0.29, 0.717) is 21.8 Å². The number of aromatic amines is 2. The van der Waals surface area contributed by atoms with Crippen LogP contribution in [0.3, 0.4) is 0 Å². The number of carbonyl (C=O) groups is 1. The van der Waals surface area contributed by atoms with Crippen LogP contribution in [0.1, 0.15) is 0 Å². The van der Waals surface area contributed by atoms with Crippen LogP contribution in [0, 0.1) is 9.54 Å². The Morgan fingerprint density at radius 3 is 2.73 bits per heavy atom. The van der Waals surface area contributed by atoms with E-state index in [1.807, 2.05) is 48.3 Å². The van der Waals surface area contributed by atoms with E-state index >= 15 is 0 Å². The fourth-order valence-electron chi connectivity index (χ4n) is 3.29. The first-order valence-corrected chi connectivity index (χ1v) is 9.95. The SMILES string of the molecule is CN1CC(C(=O)O)Nc2ccc(OCNc3cccc(-n4c(=S)[nH][nH]c4=S)c3)cc21. The molecule has 0 amide bonds. The first kappa shape index (κ1) is 20.0. The maximum atomic E-state index is 11.3. The van der Waals surface area contributed by atoms with Crippen molar-refractivity contribution in [2.24, 2.45) is 0 Å². The molecule has 3 aromatic rings. The topological polar surface area (TPSA) is 110 Å². The molecule has 1 aromatic heterocycles. The molecule has 30 heavy (non-hydrogen) atoms. The van der Waals surface area contributed by atoms with Gasteiger partial charge in [-0.1, -0.05) is 6.07 Å². The number of aromatic nitrogens is 3. The van der Waals surface area contributed by atoms with Crippen LogP contribution in [-0.4, -0.2) is 52.2 Å². The number of ether oxygens (including phenoxy) is 1. The van der Waals surface area contributed by atoms with Gasteiger partial charge < -0.3 is 25.4 Å². The minimum atomic E-state index is -0.874. The highest BCUT2D eigenvalue weighted by Crippen LogP contribution is 2.33. The lowest BCUT2D eigenvalue weighted by atomic mass is 10.1. The van der Waals surface area contributed by atoms with E-state index in [9.17, 15) is 9.90 Å². The number of fused-ring (bicyclic) bond motifs is 1. The van der Waals surface area contributed by atoms with Crippen molar-refractivity contribution in [3.63, 3.8) is 0 Å². The number of hydrogen-bond acceptors (Lipinski definition) is 7. The van der Waals surface area contributed by atoms with Crippen molar-refractivity contribution in [3.8, 4) is 11.4 Å². The van der Waals surface area contributed by atoms with E-state index in [2.05, 4.69) is 20.8 Å². The number of carboxylic acid groups (broad SMARTS) is 1. The molecule has 9 nitrogen and oxygen atoms in total. The smallest absolute Gasteiger partial charge is 0.327 e. The number of rotatable bonds is 6. The van der Waals surface area contributed by atoms with Crippen LogP contribution in [0.25, 0.3) is 5.69 Å². The number of anilines is 3. The number of aliphatic carboxylic acids is 1. The van der Waals surface area contributed by atoms with Crippen molar-refractivity contribution >= 4 is 47.5 Å². The van der Waals surface area contributed by atoms with Crippen LogP contribution in [0.5, 0.6) is 5.75 Å². The van der Waals surface area contributed by atoms with E-state index < -0.39 is 12.0 Å². The van der Waals surface area contributed by atoms with Gasteiger partial charge in [0.1, 0.15) is 11.8 Å². The summed E-state index contributed by atoms with van der Waals surface area (Å²) in [6.07, 6.45) is 0. The van der Waals surface area contributed by atoms with Gasteiger partial charge in [-0.05, 0) is 54.8 Å². The first-order valence-electron chi connectivity index (χ1n) is 9.14. The van der Waals surface area contributed by atoms with E-state index in [1.54, 1.807) is 10.6 Å². The summed E-state index contributed by atoms with van der Waals surface area (Å²) in [4.78, 5) is 13.2. The Morgan fingerprint density at radius 1 is 1.23 bits per heavy atom. The second-order valence-corrected chi connectivity index (χ2v) is 7.58. The number of carboxylic acids is 1. The minimum absolute atomic E-state index is 0.253. The van der Waals surface area contributed by atoms with Gasteiger partial charge in [-0.15, -0.1) is 0 Å². The molecule has 0 fully saturated rings. The highest BCUT2D eigenvalue weighted by atomic mass is 32.1. The number of benzene rings is 2. The Kier molecular flexibility index (Phi) is 5.46. The zero-order valence-electron chi connectivity index (χ0n) is 16.0. The summed E-state index contributed by atoms with van der Waals surface area (Å²) in [6, 6.07) is 12.5. The molecule has 2 aromatic carbocycles. The van der Waals surface area contributed by atoms with Crippen molar-refractivity contribution in [2.45, 2.75) is 6.04 Å². The highest BCUT2D eigenvalue weighted by Gasteiger charge is 2.26. The Labute approximate surface area is 182 Å². The Bertz CT molecular complexity index is 1170. The Hall–Kier alpha value is -3.31. The second kappa shape index (κ2) is 8.20. The molecule has 1 aliphatic rings. The first-order chi connectivity index (χ1) is 14.4. The number of likely N-dealkylation sites (N-methyl/N-ethyl adjacent to an activating group) is 1. The largest absolute Gasteiger partial charge is 0.480 e. The van der Waals surface area contributed by atoms with E-state index in [4.69, 9.17) is 29.2 Å². The van der Waals surface area contributed by atoms with Gasteiger partial charge in [0.25, 0.3) is 0 Å². The van der Waals surface area contributed by atoms with Gasteiger partial charge in [-0.25, -0.2) is 4.79 Å². The van der Waals surface area contributed by atoms with Gasteiger partial charge in [0, 0.05) is 25.3 Å². The molecule has 0 aliphatic carbocycles. The Balaban J connectivity index is 1.43. The number of nitrogens with one attached hydrogen (secondary N) is 4. The average molecular weight is 445 g/mol. The normalized spacial score (nSPS) is 15.2. The molecule has 1 atom stereocenters. The molecular weight excluding hydrogens is 424 g/mol. The van der Waals surface area contributed by atoms with E-state index in [1.165, 1.54) is 0 Å². The van der Waals surface area contributed by atoms with Crippen LogP contribution in [-0.2, 0) is 4.79 Å². The van der Waals surface area contributed by atoms with E-state index in [-0.39, 0.29) is 6.73 Å². The van der Waals surface area contributed by atoms with E-state index in [0.717, 1.165) is 22.7 Å². The van der Waals surface area contributed by atoms with Gasteiger partial charge in [-0.3, -0.25) is 14.8 Å².